The number of primary amides is 1. The van der Waals surface area contributed by atoms with Crippen LogP contribution in [0.25, 0.3) is 0 Å². The molecule has 5 N–H and O–H groups in total. The molecule has 0 aromatic carbocycles. The van der Waals surface area contributed by atoms with E-state index in [-0.39, 0.29) is 5.92 Å². The largest absolute Gasteiger partial charge is 0.393 e. The van der Waals surface area contributed by atoms with Crippen LogP contribution in [0.3, 0.4) is 0 Å². The first-order chi connectivity index (χ1) is 7.79. The van der Waals surface area contributed by atoms with E-state index in [9.17, 15) is 9.59 Å². The average molecular weight is 260 g/mol. The number of nitrogens with two attached hydrogens (primary N) is 2. The highest BCUT2D eigenvalue weighted by atomic mass is 32.1. The summed E-state index contributed by atoms with van der Waals surface area (Å²) in [4.78, 5) is 24.5. The van der Waals surface area contributed by atoms with E-state index >= 15 is 0 Å². The Balaban J connectivity index is 4.49. The van der Waals surface area contributed by atoms with E-state index in [0.717, 1.165) is 0 Å². The maximum atomic E-state index is 11.6. The molecule has 0 spiro atoms. The van der Waals surface area contributed by atoms with E-state index in [0.29, 0.717) is 18.1 Å². The molecule has 0 aliphatic carbocycles. The van der Waals surface area contributed by atoms with E-state index in [2.05, 4.69) is 5.32 Å². The quantitative estimate of drug-likeness (QED) is 0.575. The van der Waals surface area contributed by atoms with Crippen molar-refractivity contribution in [1.82, 2.24) is 10.2 Å². The van der Waals surface area contributed by atoms with Gasteiger partial charge < -0.3 is 11.5 Å². The first-order valence-corrected chi connectivity index (χ1v) is 5.84. The van der Waals surface area contributed by atoms with Crippen molar-refractivity contribution >= 4 is 29.1 Å². The number of hydrogen-bond donors (Lipinski definition) is 3. The lowest BCUT2D eigenvalue weighted by Gasteiger charge is -2.28. The fourth-order valence-electron chi connectivity index (χ4n) is 1.39. The minimum atomic E-state index is -0.847. The van der Waals surface area contributed by atoms with Crippen LogP contribution < -0.4 is 16.8 Å². The fourth-order valence-corrected chi connectivity index (χ4v) is 1.47. The van der Waals surface area contributed by atoms with E-state index in [1.54, 1.807) is 6.92 Å². The molecule has 0 saturated heterocycles. The number of urea groups is 1. The Morgan fingerprint density at radius 3 is 2.24 bits per heavy atom. The Kier molecular flexibility index (Phi) is 6.67. The second kappa shape index (κ2) is 7.18. The van der Waals surface area contributed by atoms with Crippen molar-refractivity contribution in [2.24, 2.45) is 17.4 Å². The first-order valence-electron chi connectivity index (χ1n) is 5.43. The number of thiocarbonyl (C=S) groups is 1. The van der Waals surface area contributed by atoms with Gasteiger partial charge in [0, 0.05) is 12.5 Å². The van der Waals surface area contributed by atoms with Gasteiger partial charge in [-0.2, -0.15) is 0 Å². The summed E-state index contributed by atoms with van der Waals surface area (Å²) >= 11 is 4.88. The highest BCUT2D eigenvalue weighted by molar-refractivity contribution is 7.80. The summed E-state index contributed by atoms with van der Waals surface area (Å²) in [6.07, 6.45) is 0. The van der Waals surface area contributed by atoms with Gasteiger partial charge >= 0.3 is 6.03 Å². The number of nitrogens with zero attached hydrogens (tertiary/aromatic N) is 1. The summed E-state index contributed by atoms with van der Waals surface area (Å²) in [5, 5.41) is 2.05. The fraction of sp³-hybridized carbons (Fsp3) is 0.700. The average Bonchev–Trinajstić information content (AvgIpc) is 2.23. The topological polar surface area (TPSA) is 101 Å². The molecule has 0 aromatic rings. The van der Waals surface area contributed by atoms with Crippen molar-refractivity contribution < 1.29 is 9.59 Å². The van der Waals surface area contributed by atoms with Gasteiger partial charge in [-0.05, 0) is 13.5 Å². The monoisotopic (exact) mass is 260 g/mol. The van der Waals surface area contributed by atoms with Crippen molar-refractivity contribution in [3.8, 4) is 0 Å². The van der Waals surface area contributed by atoms with Crippen molar-refractivity contribution in [2.75, 3.05) is 13.1 Å². The molecule has 3 amide bonds. The molecule has 0 saturated carbocycles. The Hall–Kier alpha value is -1.21. The minimum absolute atomic E-state index is 0.00813. The van der Waals surface area contributed by atoms with Crippen LogP contribution in [0.4, 0.5) is 4.79 Å². The number of carbonyl (C=O) groups excluding carboxylic acids is 2. The summed E-state index contributed by atoms with van der Waals surface area (Å²) in [7, 11) is 0. The number of rotatable bonds is 6. The highest BCUT2D eigenvalue weighted by Crippen LogP contribution is 2.05. The van der Waals surface area contributed by atoms with Crippen LogP contribution in [0.2, 0.25) is 0 Å². The van der Waals surface area contributed by atoms with Crippen LogP contribution in [-0.2, 0) is 4.79 Å². The number of hydrogen-bond acceptors (Lipinski definition) is 4. The highest BCUT2D eigenvalue weighted by Gasteiger charge is 2.23. The Labute approximate surface area is 107 Å². The molecule has 98 valence electrons. The molecule has 2 unspecified atom stereocenters. The summed E-state index contributed by atoms with van der Waals surface area (Å²) in [6, 6.07) is -1.30. The second-order valence-corrected chi connectivity index (χ2v) is 4.39. The number of imide groups is 1. The van der Waals surface area contributed by atoms with Gasteiger partial charge in [0.1, 0.15) is 0 Å². The van der Waals surface area contributed by atoms with Gasteiger partial charge in [0.15, 0.2) is 0 Å². The SMILES string of the molecule is CCN(CC(C)C(N)=S)C(C)C(=O)NC(N)=O. The van der Waals surface area contributed by atoms with Crippen LogP contribution in [0.5, 0.6) is 0 Å². The Morgan fingerprint density at radius 1 is 1.35 bits per heavy atom. The van der Waals surface area contributed by atoms with Gasteiger partial charge in [-0.15, -0.1) is 0 Å². The van der Waals surface area contributed by atoms with Crippen LogP contribution in [-0.4, -0.2) is 41.0 Å². The third kappa shape index (κ3) is 5.60. The smallest absolute Gasteiger partial charge is 0.318 e. The predicted octanol–water partition coefficient (Wildman–Crippen LogP) is -0.186. The van der Waals surface area contributed by atoms with E-state index in [1.807, 2.05) is 18.7 Å². The number of amides is 3. The Bertz CT molecular complexity index is 309. The molecule has 0 fully saturated rings. The molecule has 17 heavy (non-hydrogen) atoms. The number of likely N-dealkylation sites (N-methyl/N-ethyl adjacent to an activating group) is 1. The lowest BCUT2D eigenvalue weighted by Crippen LogP contribution is -2.50. The van der Waals surface area contributed by atoms with Gasteiger partial charge in [0.25, 0.3) is 0 Å². The van der Waals surface area contributed by atoms with E-state index in [4.69, 9.17) is 23.7 Å². The van der Waals surface area contributed by atoms with Crippen molar-refractivity contribution in [3.05, 3.63) is 0 Å². The standard InChI is InChI=1S/C10H20N4O2S/c1-4-14(5-6(2)8(11)17)7(3)9(15)13-10(12)16/h6-7H,4-5H2,1-3H3,(H2,11,17)(H3,12,13,15,16). The molecule has 2 atom stereocenters. The van der Waals surface area contributed by atoms with Crippen LogP contribution in [0.1, 0.15) is 20.8 Å². The summed E-state index contributed by atoms with van der Waals surface area (Å²) < 4.78 is 0. The lowest BCUT2D eigenvalue weighted by molar-refractivity contribution is -0.124. The molecule has 0 aliphatic heterocycles. The molecular weight excluding hydrogens is 240 g/mol. The predicted molar refractivity (Wildman–Crippen MR) is 70.4 cm³/mol. The molecule has 0 rings (SSSR count). The second-order valence-electron chi connectivity index (χ2n) is 3.92. The van der Waals surface area contributed by atoms with Crippen molar-refractivity contribution in [3.63, 3.8) is 0 Å². The zero-order chi connectivity index (χ0) is 13.6. The zero-order valence-corrected chi connectivity index (χ0v) is 11.2. The molecule has 7 heteroatoms. The maximum Gasteiger partial charge on any atom is 0.318 e. The van der Waals surface area contributed by atoms with Crippen molar-refractivity contribution in [2.45, 2.75) is 26.8 Å². The third-order valence-electron chi connectivity index (χ3n) is 2.57. The minimum Gasteiger partial charge on any atom is -0.393 e. The molecule has 6 nitrogen and oxygen atoms in total. The summed E-state index contributed by atoms with van der Waals surface area (Å²) in [5.74, 6) is -0.414. The normalized spacial score (nSPS) is 14.1. The van der Waals surface area contributed by atoms with Gasteiger partial charge in [-0.25, -0.2) is 4.79 Å². The Morgan fingerprint density at radius 2 is 1.88 bits per heavy atom. The molecule has 0 bridgehead atoms. The lowest BCUT2D eigenvalue weighted by atomic mass is 10.1. The molecule has 0 heterocycles. The van der Waals surface area contributed by atoms with E-state index in [1.165, 1.54) is 0 Å². The van der Waals surface area contributed by atoms with Gasteiger partial charge in [-0.3, -0.25) is 15.0 Å². The molecule has 0 aliphatic rings. The zero-order valence-electron chi connectivity index (χ0n) is 10.4. The van der Waals surface area contributed by atoms with Gasteiger partial charge in [-0.1, -0.05) is 26.1 Å². The first kappa shape index (κ1) is 15.8. The van der Waals surface area contributed by atoms with E-state index < -0.39 is 18.0 Å². The van der Waals surface area contributed by atoms with Gasteiger partial charge in [0.2, 0.25) is 5.91 Å². The molecule has 0 radical (unpaired) electrons. The van der Waals surface area contributed by atoms with Crippen molar-refractivity contribution in [1.29, 1.82) is 0 Å². The van der Waals surface area contributed by atoms with Crippen LogP contribution >= 0.6 is 12.2 Å². The molecular formula is C10H20N4O2S. The molecule has 0 aromatic heterocycles. The maximum absolute atomic E-state index is 11.6. The summed E-state index contributed by atoms with van der Waals surface area (Å²) in [5.41, 5.74) is 10.4. The number of nitrogens with one attached hydrogen (secondary N) is 1. The van der Waals surface area contributed by atoms with Crippen LogP contribution in [0.15, 0.2) is 0 Å². The summed E-state index contributed by atoms with van der Waals surface area (Å²) in [6.45, 7) is 6.73. The third-order valence-corrected chi connectivity index (χ3v) is 2.98. The van der Waals surface area contributed by atoms with Gasteiger partial charge in [0.05, 0.1) is 11.0 Å². The van der Waals surface area contributed by atoms with Crippen LogP contribution in [0, 0.1) is 5.92 Å². The number of carbonyl (C=O) groups is 2.